The summed E-state index contributed by atoms with van der Waals surface area (Å²) in [5.41, 5.74) is 4.44. The van der Waals surface area contributed by atoms with Gasteiger partial charge in [0.1, 0.15) is 5.82 Å². The summed E-state index contributed by atoms with van der Waals surface area (Å²) >= 11 is 0. The third-order valence-corrected chi connectivity index (χ3v) is 4.13. The average Bonchev–Trinajstić information content (AvgIpc) is 2.68. The van der Waals surface area contributed by atoms with Crippen molar-refractivity contribution >= 4 is 23.1 Å². The van der Waals surface area contributed by atoms with Crippen LogP contribution in [0.2, 0.25) is 0 Å². The first-order chi connectivity index (χ1) is 13.0. The fraction of sp³-hybridized carbons (Fsp3) is 0.190. The van der Waals surface area contributed by atoms with Crippen molar-refractivity contribution in [3.63, 3.8) is 0 Å². The number of rotatable bonds is 6. The normalized spacial score (nSPS) is 10.3. The van der Waals surface area contributed by atoms with Crippen LogP contribution in [0.15, 0.2) is 60.7 Å². The third-order valence-electron chi connectivity index (χ3n) is 4.13. The molecule has 3 aromatic rings. The number of amides is 1. The summed E-state index contributed by atoms with van der Waals surface area (Å²) in [7, 11) is 3.94. The Balaban J connectivity index is 1.57. The van der Waals surface area contributed by atoms with Crippen molar-refractivity contribution < 1.29 is 4.79 Å². The molecule has 27 heavy (non-hydrogen) atoms. The van der Waals surface area contributed by atoms with Gasteiger partial charge in [0.2, 0.25) is 0 Å². The van der Waals surface area contributed by atoms with Crippen LogP contribution >= 0.6 is 0 Å². The quantitative estimate of drug-likeness (QED) is 0.700. The first-order valence-electron chi connectivity index (χ1n) is 8.73. The van der Waals surface area contributed by atoms with E-state index in [1.165, 1.54) is 5.56 Å². The Labute approximate surface area is 159 Å². The molecule has 1 heterocycles. The van der Waals surface area contributed by atoms with Crippen molar-refractivity contribution in [2.75, 3.05) is 29.6 Å². The predicted octanol–water partition coefficient (Wildman–Crippen LogP) is 3.72. The molecule has 6 heteroatoms. The summed E-state index contributed by atoms with van der Waals surface area (Å²) in [5, 5.41) is 14.1. The zero-order chi connectivity index (χ0) is 19.2. The summed E-state index contributed by atoms with van der Waals surface area (Å²) in [6, 6.07) is 19.3. The number of benzene rings is 2. The molecule has 2 aromatic carbocycles. The summed E-state index contributed by atoms with van der Waals surface area (Å²) in [6.45, 7) is 2.71. The van der Waals surface area contributed by atoms with Crippen LogP contribution in [-0.4, -0.2) is 30.2 Å². The number of aryl methyl sites for hydroxylation is 1. The maximum absolute atomic E-state index is 12.3. The number of aromatic nitrogens is 2. The van der Waals surface area contributed by atoms with Gasteiger partial charge in [0.25, 0.3) is 5.91 Å². The minimum absolute atomic E-state index is 0.271. The number of anilines is 3. The number of carbonyl (C=O) groups excluding carboxylic acids is 1. The van der Waals surface area contributed by atoms with Crippen LogP contribution in [0.25, 0.3) is 0 Å². The van der Waals surface area contributed by atoms with Gasteiger partial charge in [-0.15, -0.1) is 10.2 Å². The Morgan fingerprint density at radius 1 is 0.926 bits per heavy atom. The molecule has 0 spiro atoms. The van der Waals surface area contributed by atoms with Crippen LogP contribution in [0, 0.1) is 6.92 Å². The van der Waals surface area contributed by atoms with Gasteiger partial charge in [-0.05, 0) is 48.9 Å². The molecule has 0 fully saturated rings. The van der Waals surface area contributed by atoms with E-state index in [0.717, 1.165) is 11.3 Å². The predicted molar refractivity (Wildman–Crippen MR) is 109 cm³/mol. The van der Waals surface area contributed by atoms with Crippen LogP contribution in [0.4, 0.5) is 17.2 Å². The van der Waals surface area contributed by atoms with E-state index in [9.17, 15) is 4.79 Å². The molecule has 0 aliphatic rings. The van der Waals surface area contributed by atoms with Crippen molar-refractivity contribution in [3.8, 4) is 0 Å². The second-order valence-corrected chi connectivity index (χ2v) is 6.54. The third kappa shape index (κ3) is 5.04. The molecule has 0 radical (unpaired) electrons. The van der Waals surface area contributed by atoms with E-state index in [-0.39, 0.29) is 11.6 Å². The van der Waals surface area contributed by atoms with Gasteiger partial charge in [-0.25, -0.2) is 0 Å². The Hall–Kier alpha value is -3.41. The Kier molecular flexibility index (Phi) is 5.66. The molecule has 0 atom stereocenters. The topological polar surface area (TPSA) is 70.2 Å². The SMILES string of the molecule is Cc1ccc(CNc2ccc(C(=O)Nc3ccc(N(C)C)cc3)nn2)cc1. The van der Waals surface area contributed by atoms with Gasteiger partial charge in [-0.1, -0.05) is 29.8 Å². The molecule has 3 rings (SSSR count). The van der Waals surface area contributed by atoms with E-state index in [1.54, 1.807) is 12.1 Å². The Morgan fingerprint density at radius 2 is 1.63 bits per heavy atom. The van der Waals surface area contributed by atoms with E-state index in [1.807, 2.05) is 43.3 Å². The molecule has 0 aliphatic heterocycles. The fourth-order valence-electron chi connectivity index (χ4n) is 2.48. The molecule has 0 aliphatic carbocycles. The maximum Gasteiger partial charge on any atom is 0.276 e. The Bertz CT molecular complexity index is 887. The number of nitrogens with zero attached hydrogens (tertiary/aromatic N) is 3. The van der Waals surface area contributed by atoms with Crippen molar-refractivity contribution in [3.05, 3.63) is 77.5 Å². The van der Waals surface area contributed by atoms with Crippen molar-refractivity contribution in [1.82, 2.24) is 10.2 Å². The highest BCUT2D eigenvalue weighted by Gasteiger charge is 2.09. The van der Waals surface area contributed by atoms with Crippen molar-refractivity contribution in [2.45, 2.75) is 13.5 Å². The lowest BCUT2D eigenvalue weighted by Crippen LogP contribution is -2.15. The Morgan fingerprint density at radius 3 is 2.22 bits per heavy atom. The van der Waals surface area contributed by atoms with Gasteiger partial charge in [0, 0.05) is 32.0 Å². The minimum Gasteiger partial charge on any atom is -0.378 e. The number of hydrogen-bond donors (Lipinski definition) is 2. The molecular weight excluding hydrogens is 338 g/mol. The van der Waals surface area contributed by atoms with E-state index >= 15 is 0 Å². The summed E-state index contributed by atoms with van der Waals surface area (Å²) < 4.78 is 0. The van der Waals surface area contributed by atoms with E-state index in [0.29, 0.717) is 18.1 Å². The molecule has 0 saturated carbocycles. The lowest BCUT2D eigenvalue weighted by Gasteiger charge is -2.13. The zero-order valence-electron chi connectivity index (χ0n) is 15.7. The lowest BCUT2D eigenvalue weighted by molar-refractivity contribution is 0.102. The van der Waals surface area contributed by atoms with Crippen LogP contribution in [-0.2, 0) is 6.54 Å². The molecule has 0 bridgehead atoms. The molecule has 0 saturated heterocycles. The van der Waals surface area contributed by atoms with Crippen molar-refractivity contribution in [2.24, 2.45) is 0 Å². The molecule has 1 aromatic heterocycles. The summed E-state index contributed by atoms with van der Waals surface area (Å²) in [6.07, 6.45) is 0. The number of carbonyl (C=O) groups is 1. The van der Waals surface area contributed by atoms with Gasteiger partial charge in [0.05, 0.1) is 0 Å². The molecule has 2 N–H and O–H groups in total. The second kappa shape index (κ2) is 8.31. The minimum atomic E-state index is -0.287. The largest absolute Gasteiger partial charge is 0.378 e. The highest BCUT2D eigenvalue weighted by Crippen LogP contribution is 2.16. The van der Waals surface area contributed by atoms with Crippen LogP contribution in [0.1, 0.15) is 21.6 Å². The molecule has 6 nitrogen and oxygen atoms in total. The summed E-state index contributed by atoms with van der Waals surface area (Å²) in [5.74, 6) is 0.340. The lowest BCUT2D eigenvalue weighted by atomic mass is 10.1. The van der Waals surface area contributed by atoms with Crippen molar-refractivity contribution in [1.29, 1.82) is 0 Å². The average molecular weight is 361 g/mol. The smallest absolute Gasteiger partial charge is 0.276 e. The van der Waals surface area contributed by atoms with Gasteiger partial charge in [-0.3, -0.25) is 4.79 Å². The fourth-order valence-corrected chi connectivity index (χ4v) is 2.48. The first-order valence-corrected chi connectivity index (χ1v) is 8.73. The highest BCUT2D eigenvalue weighted by atomic mass is 16.1. The second-order valence-electron chi connectivity index (χ2n) is 6.54. The van der Waals surface area contributed by atoms with Crippen LogP contribution in [0.3, 0.4) is 0 Å². The van der Waals surface area contributed by atoms with Gasteiger partial charge in [0.15, 0.2) is 5.69 Å². The number of hydrogen-bond acceptors (Lipinski definition) is 5. The van der Waals surface area contributed by atoms with Gasteiger partial charge >= 0.3 is 0 Å². The maximum atomic E-state index is 12.3. The molecule has 0 unspecified atom stereocenters. The van der Waals surface area contributed by atoms with E-state index in [2.05, 4.69) is 52.0 Å². The molecule has 138 valence electrons. The monoisotopic (exact) mass is 361 g/mol. The first kappa shape index (κ1) is 18.4. The standard InChI is InChI=1S/C21H23N5O/c1-15-4-6-16(7-5-15)14-22-20-13-12-19(24-25-20)21(27)23-17-8-10-18(11-9-17)26(2)3/h4-13H,14H2,1-3H3,(H,22,25)(H,23,27). The van der Waals surface area contributed by atoms with Crippen LogP contribution < -0.4 is 15.5 Å². The highest BCUT2D eigenvalue weighted by molar-refractivity contribution is 6.02. The van der Waals surface area contributed by atoms with Gasteiger partial charge in [-0.2, -0.15) is 0 Å². The number of nitrogens with one attached hydrogen (secondary N) is 2. The summed E-state index contributed by atoms with van der Waals surface area (Å²) in [4.78, 5) is 14.3. The van der Waals surface area contributed by atoms with E-state index in [4.69, 9.17) is 0 Å². The molecule has 1 amide bonds. The van der Waals surface area contributed by atoms with E-state index < -0.39 is 0 Å². The zero-order valence-corrected chi connectivity index (χ0v) is 15.7. The molecular formula is C21H23N5O. The van der Waals surface area contributed by atoms with Crippen LogP contribution in [0.5, 0.6) is 0 Å². The van der Waals surface area contributed by atoms with Gasteiger partial charge < -0.3 is 15.5 Å².